The van der Waals surface area contributed by atoms with Gasteiger partial charge in [0.2, 0.25) is 0 Å². The maximum Gasteiger partial charge on any atom is 0.0198 e. The molecule has 106 valence electrons. The van der Waals surface area contributed by atoms with Crippen LogP contribution in [-0.4, -0.2) is 48.1 Å². The number of hydrogen-bond acceptors (Lipinski definition) is 3. The standard InChI is InChI=1S/C15H30N2S/c1-12(2)11-17-9-7-13(8-10-17)16-14-5-4-6-15(14)18-3/h12-16H,4-11H2,1-3H3/t14-,15+/m1/s1. The smallest absolute Gasteiger partial charge is 0.0198 e. The molecule has 2 atom stereocenters. The molecular formula is C15H30N2S. The van der Waals surface area contributed by atoms with Gasteiger partial charge in [0.15, 0.2) is 0 Å². The maximum atomic E-state index is 3.95. The molecule has 2 nitrogen and oxygen atoms in total. The van der Waals surface area contributed by atoms with Crippen LogP contribution in [0.25, 0.3) is 0 Å². The van der Waals surface area contributed by atoms with E-state index in [1.54, 1.807) is 0 Å². The van der Waals surface area contributed by atoms with E-state index in [4.69, 9.17) is 0 Å². The summed E-state index contributed by atoms with van der Waals surface area (Å²) >= 11 is 2.07. The Kier molecular flexibility index (Phi) is 5.84. The number of piperidine rings is 1. The van der Waals surface area contributed by atoms with Gasteiger partial charge >= 0.3 is 0 Å². The van der Waals surface area contributed by atoms with E-state index in [0.717, 1.165) is 23.3 Å². The Labute approximate surface area is 117 Å². The first-order valence-electron chi connectivity index (χ1n) is 7.70. The van der Waals surface area contributed by atoms with Gasteiger partial charge in [-0.15, -0.1) is 0 Å². The number of hydrogen-bond donors (Lipinski definition) is 1. The average Bonchev–Trinajstić information content (AvgIpc) is 2.78. The second-order valence-corrected chi connectivity index (χ2v) is 7.52. The predicted octanol–water partition coefficient (Wildman–Crippen LogP) is 2.98. The molecule has 3 heteroatoms. The molecule has 0 unspecified atom stereocenters. The van der Waals surface area contributed by atoms with Crippen LogP contribution in [0.1, 0.15) is 46.0 Å². The van der Waals surface area contributed by atoms with Crippen molar-refractivity contribution in [2.45, 2.75) is 63.3 Å². The molecule has 1 saturated carbocycles. The summed E-state index contributed by atoms with van der Waals surface area (Å²) in [5.41, 5.74) is 0. The summed E-state index contributed by atoms with van der Waals surface area (Å²) in [5.74, 6) is 0.810. The van der Waals surface area contributed by atoms with Gasteiger partial charge in [0.05, 0.1) is 0 Å². The number of nitrogens with zero attached hydrogens (tertiary/aromatic N) is 1. The first kappa shape index (κ1) is 14.7. The minimum atomic E-state index is 0.783. The number of rotatable bonds is 5. The Morgan fingerprint density at radius 3 is 2.50 bits per heavy atom. The van der Waals surface area contributed by atoms with E-state index in [-0.39, 0.29) is 0 Å². The van der Waals surface area contributed by atoms with Gasteiger partial charge in [0.1, 0.15) is 0 Å². The van der Waals surface area contributed by atoms with Gasteiger partial charge in [0, 0.05) is 23.9 Å². The SMILES string of the molecule is CS[C@H]1CCC[C@H]1NC1CCN(CC(C)C)CC1. The lowest BCUT2D eigenvalue weighted by Crippen LogP contribution is -2.48. The summed E-state index contributed by atoms with van der Waals surface area (Å²) < 4.78 is 0. The Morgan fingerprint density at radius 2 is 1.89 bits per heavy atom. The fraction of sp³-hybridized carbons (Fsp3) is 1.00. The highest BCUT2D eigenvalue weighted by Crippen LogP contribution is 2.29. The summed E-state index contributed by atoms with van der Waals surface area (Å²) in [5, 5.41) is 4.82. The van der Waals surface area contributed by atoms with Gasteiger partial charge in [0.25, 0.3) is 0 Å². The van der Waals surface area contributed by atoms with Crippen LogP contribution in [0.4, 0.5) is 0 Å². The summed E-state index contributed by atoms with van der Waals surface area (Å²) in [7, 11) is 0. The minimum Gasteiger partial charge on any atom is -0.310 e. The van der Waals surface area contributed by atoms with Crippen molar-refractivity contribution in [3.05, 3.63) is 0 Å². The maximum absolute atomic E-state index is 3.95. The molecule has 18 heavy (non-hydrogen) atoms. The monoisotopic (exact) mass is 270 g/mol. The highest BCUT2D eigenvalue weighted by Gasteiger charge is 2.29. The molecule has 0 amide bonds. The predicted molar refractivity (Wildman–Crippen MR) is 82.4 cm³/mol. The Hall–Kier alpha value is 0.270. The summed E-state index contributed by atoms with van der Waals surface area (Å²) in [6, 6.07) is 1.58. The molecule has 1 heterocycles. The molecular weight excluding hydrogens is 240 g/mol. The molecule has 2 aliphatic rings. The van der Waals surface area contributed by atoms with Gasteiger partial charge < -0.3 is 10.2 Å². The van der Waals surface area contributed by atoms with E-state index in [9.17, 15) is 0 Å². The molecule has 0 aromatic heterocycles. The van der Waals surface area contributed by atoms with Crippen molar-refractivity contribution in [3.8, 4) is 0 Å². The summed E-state index contributed by atoms with van der Waals surface area (Å²) in [4.78, 5) is 2.64. The van der Waals surface area contributed by atoms with E-state index in [0.29, 0.717) is 0 Å². The van der Waals surface area contributed by atoms with Crippen molar-refractivity contribution in [1.82, 2.24) is 10.2 Å². The third-order valence-electron chi connectivity index (χ3n) is 4.42. The summed E-state index contributed by atoms with van der Waals surface area (Å²) in [6.45, 7) is 8.53. The molecule has 2 rings (SSSR count). The lowest BCUT2D eigenvalue weighted by molar-refractivity contribution is 0.175. The Balaban J connectivity index is 1.70. The molecule has 2 fully saturated rings. The van der Waals surface area contributed by atoms with E-state index in [1.165, 1.54) is 51.7 Å². The van der Waals surface area contributed by atoms with E-state index >= 15 is 0 Å². The molecule has 0 aromatic carbocycles. The zero-order valence-electron chi connectivity index (χ0n) is 12.3. The Morgan fingerprint density at radius 1 is 1.17 bits per heavy atom. The number of likely N-dealkylation sites (tertiary alicyclic amines) is 1. The van der Waals surface area contributed by atoms with Crippen molar-refractivity contribution >= 4 is 11.8 Å². The Bertz CT molecular complexity index is 237. The highest BCUT2D eigenvalue weighted by atomic mass is 32.2. The van der Waals surface area contributed by atoms with Crippen molar-refractivity contribution in [2.75, 3.05) is 25.9 Å². The molecule has 1 N–H and O–H groups in total. The molecule has 0 spiro atoms. The topological polar surface area (TPSA) is 15.3 Å². The van der Waals surface area contributed by atoms with Gasteiger partial charge in [-0.05, 0) is 50.9 Å². The normalized spacial score (nSPS) is 31.3. The number of thioether (sulfide) groups is 1. The van der Waals surface area contributed by atoms with Crippen LogP contribution in [0.15, 0.2) is 0 Å². The van der Waals surface area contributed by atoms with Crippen LogP contribution in [0.3, 0.4) is 0 Å². The van der Waals surface area contributed by atoms with Crippen LogP contribution < -0.4 is 5.32 Å². The molecule has 1 saturated heterocycles. The van der Waals surface area contributed by atoms with Crippen LogP contribution >= 0.6 is 11.8 Å². The third-order valence-corrected chi connectivity index (χ3v) is 5.59. The van der Waals surface area contributed by atoms with Gasteiger partial charge in [-0.3, -0.25) is 0 Å². The van der Waals surface area contributed by atoms with Crippen LogP contribution in [-0.2, 0) is 0 Å². The van der Waals surface area contributed by atoms with Crippen molar-refractivity contribution in [2.24, 2.45) is 5.92 Å². The third kappa shape index (κ3) is 4.14. The number of nitrogens with one attached hydrogen (secondary N) is 1. The molecule has 0 aromatic rings. The summed E-state index contributed by atoms with van der Waals surface area (Å²) in [6.07, 6.45) is 9.22. The second kappa shape index (κ2) is 7.16. The van der Waals surface area contributed by atoms with Crippen LogP contribution in [0, 0.1) is 5.92 Å². The van der Waals surface area contributed by atoms with Gasteiger partial charge in [-0.2, -0.15) is 11.8 Å². The van der Waals surface area contributed by atoms with Crippen LogP contribution in [0.2, 0.25) is 0 Å². The first-order valence-corrected chi connectivity index (χ1v) is 8.99. The van der Waals surface area contributed by atoms with Crippen molar-refractivity contribution in [3.63, 3.8) is 0 Å². The van der Waals surface area contributed by atoms with Gasteiger partial charge in [-0.1, -0.05) is 20.3 Å². The highest BCUT2D eigenvalue weighted by molar-refractivity contribution is 7.99. The molecule has 0 radical (unpaired) electrons. The molecule has 0 bridgehead atoms. The second-order valence-electron chi connectivity index (χ2n) is 6.45. The lowest BCUT2D eigenvalue weighted by Gasteiger charge is -2.35. The quantitative estimate of drug-likeness (QED) is 0.827. The molecule has 1 aliphatic carbocycles. The largest absolute Gasteiger partial charge is 0.310 e. The fourth-order valence-corrected chi connectivity index (χ4v) is 4.45. The lowest BCUT2D eigenvalue weighted by atomic mass is 10.0. The fourth-order valence-electron chi connectivity index (χ4n) is 3.50. The van der Waals surface area contributed by atoms with Gasteiger partial charge in [-0.25, -0.2) is 0 Å². The van der Waals surface area contributed by atoms with E-state index < -0.39 is 0 Å². The molecule has 1 aliphatic heterocycles. The minimum absolute atomic E-state index is 0.783. The zero-order valence-corrected chi connectivity index (χ0v) is 13.1. The van der Waals surface area contributed by atoms with E-state index in [1.807, 2.05) is 0 Å². The van der Waals surface area contributed by atoms with Crippen molar-refractivity contribution in [1.29, 1.82) is 0 Å². The van der Waals surface area contributed by atoms with E-state index in [2.05, 4.69) is 42.1 Å². The zero-order chi connectivity index (χ0) is 13.0. The average molecular weight is 270 g/mol. The first-order chi connectivity index (χ1) is 8.69. The van der Waals surface area contributed by atoms with Crippen molar-refractivity contribution < 1.29 is 0 Å². The van der Waals surface area contributed by atoms with Crippen LogP contribution in [0.5, 0.6) is 0 Å².